The summed E-state index contributed by atoms with van der Waals surface area (Å²) in [5, 5.41) is 3.42. The lowest BCUT2D eigenvalue weighted by molar-refractivity contribution is 0.744. The predicted molar refractivity (Wildman–Crippen MR) is 84.1 cm³/mol. The fraction of sp³-hybridized carbons (Fsp3) is 0.438. The van der Waals surface area contributed by atoms with Crippen molar-refractivity contribution in [1.29, 1.82) is 0 Å². The molecule has 0 bridgehead atoms. The van der Waals surface area contributed by atoms with Crippen molar-refractivity contribution < 1.29 is 0 Å². The number of aryl methyl sites for hydroxylation is 3. The molecule has 110 valence electrons. The third-order valence-electron chi connectivity index (χ3n) is 4.01. The van der Waals surface area contributed by atoms with Gasteiger partial charge in [0.2, 0.25) is 11.9 Å². The lowest BCUT2D eigenvalue weighted by atomic mass is 10.0. The van der Waals surface area contributed by atoms with Crippen LogP contribution in [-0.2, 0) is 19.3 Å². The first-order chi connectivity index (χ1) is 10.2. The van der Waals surface area contributed by atoms with Crippen molar-refractivity contribution in [2.24, 2.45) is 0 Å². The van der Waals surface area contributed by atoms with Crippen molar-refractivity contribution in [3.8, 4) is 0 Å². The van der Waals surface area contributed by atoms with Gasteiger partial charge in [-0.25, -0.2) is 0 Å². The van der Waals surface area contributed by atoms with E-state index in [0.29, 0.717) is 5.95 Å². The summed E-state index contributed by atoms with van der Waals surface area (Å²) < 4.78 is 0. The molecule has 1 atom stereocenters. The number of anilines is 2. The van der Waals surface area contributed by atoms with Gasteiger partial charge in [-0.15, -0.1) is 0 Å². The average molecular weight is 283 g/mol. The topological polar surface area (TPSA) is 76.7 Å². The summed E-state index contributed by atoms with van der Waals surface area (Å²) in [5.41, 5.74) is 9.90. The van der Waals surface area contributed by atoms with Gasteiger partial charge in [-0.05, 0) is 36.0 Å². The van der Waals surface area contributed by atoms with Gasteiger partial charge in [-0.3, -0.25) is 0 Å². The predicted octanol–water partition coefficient (Wildman–Crippen LogP) is 2.68. The fourth-order valence-electron chi connectivity index (χ4n) is 2.84. The van der Waals surface area contributed by atoms with Crippen LogP contribution in [-0.4, -0.2) is 15.0 Å². The zero-order chi connectivity index (χ0) is 14.8. The largest absolute Gasteiger partial charge is 0.368 e. The Morgan fingerprint density at radius 3 is 2.81 bits per heavy atom. The van der Waals surface area contributed by atoms with Crippen molar-refractivity contribution in [2.45, 2.75) is 45.6 Å². The van der Waals surface area contributed by atoms with Crippen LogP contribution in [0.5, 0.6) is 0 Å². The number of aromatic nitrogens is 3. The van der Waals surface area contributed by atoms with E-state index in [1.54, 1.807) is 0 Å². The second kappa shape index (κ2) is 5.68. The molecule has 1 aliphatic carbocycles. The third kappa shape index (κ3) is 2.82. The van der Waals surface area contributed by atoms with Crippen LogP contribution < -0.4 is 11.1 Å². The minimum absolute atomic E-state index is 0.262. The second-order valence-electron chi connectivity index (χ2n) is 5.41. The Bertz CT molecular complexity index is 653. The molecule has 0 spiro atoms. The van der Waals surface area contributed by atoms with Crippen LogP contribution in [0.25, 0.3) is 0 Å². The average Bonchev–Trinajstić information content (AvgIpc) is 2.88. The molecule has 0 amide bonds. The maximum atomic E-state index is 5.75. The normalized spacial score (nSPS) is 16.8. The van der Waals surface area contributed by atoms with E-state index in [-0.39, 0.29) is 12.0 Å². The molecule has 3 N–H and O–H groups in total. The quantitative estimate of drug-likeness (QED) is 0.902. The number of nitrogens with one attached hydrogen (secondary N) is 1. The third-order valence-corrected chi connectivity index (χ3v) is 4.01. The van der Waals surface area contributed by atoms with Gasteiger partial charge in [0.1, 0.15) is 5.82 Å². The molecular formula is C16H21N5. The van der Waals surface area contributed by atoms with Crippen LogP contribution >= 0.6 is 0 Å². The summed E-state index contributed by atoms with van der Waals surface area (Å²) in [5.74, 6) is 1.59. The Kier molecular flexibility index (Phi) is 3.73. The molecule has 1 heterocycles. The van der Waals surface area contributed by atoms with E-state index in [4.69, 9.17) is 5.73 Å². The molecule has 21 heavy (non-hydrogen) atoms. The summed E-state index contributed by atoms with van der Waals surface area (Å²) in [6.07, 6.45) is 3.97. The van der Waals surface area contributed by atoms with Crippen molar-refractivity contribution in [2.75, 3.05) is 11.1 Å². The number of nitrogens with zero attached hydrogens (tertiary/aromatic N) is 3. The highest BCUT2D eigenvalue weighted by Gasteiger charge is 2.23. The summed E-state index contributed by atoms with van der Waals surface area (Å²) in [6, 6.07) is 7.02. The first-order valence-electron chi connectivity index (χ1n) is 7.58. The number of hydrogen-bond donors (Lipinski definition) is 2. The zero-order valence-corrected chi connectivity index (χ0v) is 12.6. The van der Waals surface area contributed by atoms with Gasteiger partial charge in [0.05, 0.1) is 6.04 Å². The lowest BCUT2D eigenvalue weighted by Crippen LogP contribution is -2.13. The maximum absolute atomic E-state index is 5.75. The van der Waals surface area contributed by atoms with E-state index in [1.807, 2.05) is 6.92 Å². The number of rotatable bonds is 4. The van der Waals surface area contributed by atoms with Gasteiger partial charge in [0, 0.05) is 6.42 Å². The van der Waals surface area contributed by atoms with E-state index in [0.717, 1.165) is 31.5 Å². The molecule has 0 saturated heterocycles. The number of fused-ring (bicyclic) bond motifs is 1. The first kappa shape index (κ1) is 13.8. The van der Waals surface area contributed by atoms with E-state index in [2.05, 4.69) is 45.4 Å². The fourth-order valence-corrected chi connectivity index (χ4v) is 2.84. The van der Waals surface area contributed by atoms with Crippen molar-refractivity contribution in [3.63, 3.8) is 0 Å². The Labute approximate surface area is 125 Å². The van der Waals surface area contributed by atoms with E-state index in [9.17, 15) is 0 Å². The van der Waals surface area contributed by atoms with Crippen LogP contribution in [0, 0.1) is 0 Å². The van der Waals surface area contributed by atoms with Crippen LogP contribution in [0.2, 0.25) is 0 Å². The zero-order valence-electron chi connectivity index (χ0n) is 12.6. The highest BCUT2D eigenvalue weighted by atomic mass is 15.2. The molecule has 1 aromatic heterocycles. The Hall–Kier alpha value is -2.17. The van der Waals surface area contributed by atoms with Crippen LogP contribution in [0.4, 0.5) is 11.9 Å². The molecule has 5 nitrogen and oxygen atoms in total. The molecule has 1 aromatic carbocycles. The highest BCUT2D eigenvalue weighted by molar-refractivity contribution is 5.43. The minimum Gasteiger partial charge on any atom is -0.368 e. The van der Waals surface area contributed by atoms with Gasteiger partial charge >= 0.3 is 0 Å². The number of nitrogen functional groups attached to an aromatic ring is 1. The van der Waals surface area contributed by atoms with Crippen LogP contribution in [0.3, 0.4) is 0 Å². The van der Waals surface area contributed by atoms with Gasteiger partial charge in [0.25, 0.3) is 0 Å². The molecule has 0 aliphatic heterocycles. The summed E-state index contributed by atoms with van der Waals surface area (Å²) in [6.45, 7) is 4.19. The minimum atomic E-state index is 0.262. The number of hydrogen-bond acceptors (Lipinski definition) is 5. The van der Waals surface area contributed by atoms with Crippen molar-refractivity contribution in [3.05, 3.63) is 40.7 Å². The summed E-state index contributed by atoms with van der Waals surface area (Å²) in [4.78, 5) is 12.7. The van der Waals surface area contributed by atoms with E-state index in [1.165, 1.54) is 16.7 Å². The van der Waals surface area contributed by atoms with Gasteiger partial charge < -0.3 is 11.1 Å². The van der Waals surface area contributed by atoms with Crippen molar-refractivity contribution >= 4 is 11.9 Å². The molecule has 2 aromatic rings. The molecular weight excluding hydrogens is 262 g/mol. The highest BCUT2D eigenvalue weighted by Crippen LogP contribution is 2.34. The first-order valence-corrected chi connectivity index (χ1v) is 7.58. The van der Waals surface area contributed by atoms with Gasteiger partial charge in [-0.1, -0.05) is 32.0 Å². The lowest BCUT2D eigenvalue weighted by Gasteiger charge is -2.15. The summed E-state index contributed by atoms with van der Waals surface area (Å²) >= 11 is 0. The molecule has 0 radical (unpaired) electrons. The molecule has 5 heteroatoms. The molecule has 0 fully saturated rings. The smallest absolute Gasteiger partial charge is 0.228 e. The molecule has 3 rings (SSSR count). The summed E-state index contributed by atoms with van der Waals surface area (Å²) in [7, 11) is 0. The van der Waals surface area contributed by atoms with Gasteiger partial charge in [-0.2, -0.15) is 15.0 Å². The van der Waals surface area contributed by atoms with Crippen molar-refractivity contribution in [1.82, 2.24) is 15.0 Å². The van der Waals surface area contributed by atoms with Gasteiger partial charge in [0.15, 0.2) is 0 Å². The number of nitrogens with two attached hydrogens (primary N) is 1. The maximum Gasteiger partial charge on any atom is 0.228 e. The second-order valence-corrected chi connectivity index (χ2v) is 5.41. The Morgan fingerprint density at radius 2 is 2.05 bits per heavy atom. The number of benzene rings is 1. The monoisotopic (exact) mass is 283 g/mol. The molecule has 0 saturated carbocycles. The SMILES string of the molecule is CCc1ccc2c(c1)C(Nc1nc(N)nc(CC)n1)CC2. The van der Waals surface area contributed by atoms with E-state index < -0.39 is 0 Å². The van der Waals surface area contributed by atoms with Crippen LogP contribution in [0.15, 0.2) is 18.2 Å². The Balaban J connectivity index is 1.86. The Morgan fingerprint density at radius 1 is 1.19 bits per heavy atom. The molecule has 1 aliphatic rings. The molecule has 1 unspecified atom stereocenters. The standard InChI is InChI=1S/C16H21N5/c1-3-10-5-6-11-7-8-13(12(11)9-10)18-16-20-14(4-2)19-15(17)21-16/h5-6,9,13H,3-4,7-8H2,1-2H3,(H3,17,18,19,20,21). The van der Waals surface area contributed by atoms with E-state index >= 15 is 0 Å². The van der Waals surface area contributed by atoms with Crippen LogP contribution in [0.1, 0.15) is 48.8 Å².